The molecular formula is C12H22N2O. The van der Waals surface area contributed by atoms with E-state index in [9.17, 15) is 0 Å². The zero-order valence-corrected chi connectivity index (χ0v) is 10.4. The lowest BCUT2D eigenvalue weighted by molar-refractivity contribution is 0.214. The highest BCUT2D eigenvalue weighted by Crippen LogP contribution is 2.12. The smallest absolute Gasteiger partial charge is 0.133 e. The molecule has 0 aliphatic carbocycles. The lowest BCUT2D eigenvalue weighted by Crippen LogP contribution is -2.29. The van der Waals surface area contributed by atoms with E-state index in [1.807, 2.05) is 13.0 Å². The number of aromatic nitrogens is 1. The zero-order chi connectivity index (χ0) is 11.4. The van der Waals surface area contributed by atoms with Gasteiger partial charge in [0.15, 0.2) is 0 Å². The van der Waals surface area contributed by atoms with Gasteiger partial charge in [0.1, 0.15) is 5.76 Å². The van der Waals surface area contributed by atoms with Crippen molar-refractivity contribution in [2.24, 2.45) is 5.92 Å². The minimum atomic E-state index is 0.585. The molecule has 1 heterocycles. The van der Waals surface area contributed by atoms with Gasteiger partial charge in [-0.3, -0.25) is 4.90 Å². The van der Waals surface area contributed by atoms with Crippen LogP contribution in [0.25, 0.3) is 0 Å². The molecule has 0 aliphatic rings. The zero-order valence-electron chi connectivity index (χ0n) is 10.4. The maximum atomic E-state index is 5.05. The first-order valence-corrected chi connectivity index (χ1v) is 5.61. The molecule has 0 spiro atoms. The van der Waals surface area contributed by atoms with Gasteiger partial charge >= 0.3 is 0 Å². The Kier molecular flexibility index (Phi) is 4.33. The van der Waals surface area contributed by atoms with Gasteiger partial charge in [-0.1, -0.05) is 19.0 Å². The average Bonchev–Trinajstić information content (AvgIpc) is 2.50. The minimum Gasteiger partial charge on any atom is -0.361 e. The summed E-state index contributed by atoms with van der Waals surface area (Å²) in [4.78, 5) is 2.32. The summed E-state index contributed by atoms with van der Waals surface area (Å²) in [5.41, 5.74) is 1.02. The fraction of sp³-hybridized carbons (Fsp3) is 0.750. The molecule has 0 saturated carbocycles. The van der Waals surface area contributed by atoms with Crippen LogP contribution in [-0.4, -0.2) is 23.1 Å². The summed E-state index contributed by atoms with van der Waals surface area (Å²) in [6.07, 6.45) is 1.22. The number of nitrogens with zero attached hydrogens (tertiary/aromatic N) is 2. The van der Waals surface area contributed by atoms with Crippen molar-refractivity contribution < 1.29 is 4.52 Å². The van der Waals surface area contributed by atoms with E-state index >= 15 is 0 Å². The van der Waals surface area contributed by atoms with Crippen molar-refractivity contribution in [3.63, 3.8) is 0 Å². The van der Waals surface area contributed by atoms with Gasteiger partial charge < -0.3 is 4.52 Å². The maximum absolute atomic E-state index is 5.05. The molecule has 1 atom stereocenters. The molecule has 3 nitrogen and oxygen atoms in total. The quantitative estimate of drug-likeness (QED) is 0.748. The summed E-state index contributed by atoms with van der Waals surface area (Å²) in [5.74, 6) is 1.62. The van der Waals surface area contributed by atoms with E-state index in [0.717, 1.165) is 23.9 Å². The van der Waals surface area contributed by atoms with Gasteiger partial charge in [0.05, 0.1) is 5.69 Å². The number of aryl methyl sites for hydroxylation is 1. The summed E-state index contributed by atoms with van der Waals surface area (Å²) >= 11 is 0. The van der Waals surface area contributed by atoms with Gasteiger partial charge in [-0.05, 0) is 33.2 Å². The van der Waals surface area contributed by atoms with Crippen molar-refractivity contribution in [3.8, 4) is 0 Å². The second-order valence-electron chi connectivity index (χ2n) is 4.82. The number of hydrogen-bond acceptors (Lipinski definition) is 3. The molecule has 1 rings (SSSR count). The molecule has 1 aromatic rings. The van der Waals surface area contributed by atoms with Crippen molar-refractivity contribution >= 4 is 0 Å². The Morgan fingerprint density at radius 1 is 1.40 bits per heavy atom. The summed E-state index contributed by atoms with van der Waals surface area (Å²) in [6.45, 7) is 9.56. The van der Waals surface area contributed by atoms with Crippen LogP contribution in [0.3, 0.4) is 0 Å². The van der Waals surface area contributed by atoms with Crippen molar-refractivity contribution in [1.82, 2.24) is 10.1 Å². The molecule has 0 saturated heterocycles. The molecule has 0 bridgehead atoms. The van der Waals surface area contributed by atoms with Crippen LogP contribution in [0.1, 0.15) is 38.6 Å². The van der Waals surface area contributed by atoms with Crippen molar-refractivity contribution in [2.75, 3.05) is 7.05 Å². The summed E-state index contributed by atoms with van der Waals surface area (Å²) < 4.78 is 5.05. The Balaban J connectivity index is 2.44. The van der Waals surface area contributed by atoms with Gasteiger partial charge in [0.2, 0.25) is 0 Å². The minimum absolute atomic E-state index is 0.585. The average molecular weight is 210 g/mol. The summed E-state index contributed by atoms with van der Waals surface area (Å²) in [6, 6.07) is 2.58. The van der Waals surface area contributed by atoms with Crippen LogP contribution in [0, 0.1) is 12.8 Å². The molecule has 0 N–H and O–H groups in total. The van der Waals surface area contributed by atoms with Gasteiger partial charge in [-0.25, -0.2) is 0 Å². The molecule has 15 heavy (non-hydrogen) atoms. The van der Waals surface area contributed by atoms with E-state index in [4.69, 9.17) is 4.52 Å². The molecule has 0 unspecified atom stereocenters. The van der Waals surface area contributed by atoms with Crippen molar-refractivity contribution in [3.05, 3.63) is 17.5 Å². The fourth-order valence-corrected chi connectivity index (χ4v) is 1.77. The Bertz CT molecular complexity index is 294. The highest BCUT2D eigenvalue weighted by Gasteiger charge is 2.12. The van der Waals surface area contributed by atoms with E-state index in [-0.39, 0.29) is 0 Å². The number of hydrogen-bond donors (Lipinski definition) is 0. The number of rotatable bonds is 5. The predicted octanol–water partition coefficient (Wildman–Crippen LogP) is 2.85. The highest BCUT2D eigenvalue weighted by atomic mass is 16.5. The standard InChI is InChI=1S/C12H22N2O/c1-9(2)6-10(3)14(5)8-12-7-11(4)15-13-12/h7,9-10H,6,8H2,1-5H3/t10-/m1/s1. The predicted molar refractivity (Wildman–Crippen MR) is 61.6 cm³/mol. The van der Waals surface area contributed by atoms with E-state index in [1.54, 1.807) is 0 Å². The third kappa shape index (κ3) is 4.04. The molecule has 3 heteroatoms. The van der Waals surface area contributed by atoms with Crippen LogP contribution in [0.2, 0.25) is 0 Å². The van der Waals surface area contributed by atoms with Crippen molar-refractivity contribution in [1.29, 1.82) is 0 Å². The van der Waals surface area contributed by atoms with Crippen LogP contribution in [0.15, 0.2) is 10.6 Å². The van der Waals surface area contributed by atoms with Gasteiger partial charge in [0.25, 0.3) is 0 Å². The van der Waals surface area contributed by atoms with E-state index in [2.05, 4.69) is 37.9 Å². The van der Waals surface area contributed by atoms with Gasteiger partial charge in [-0.2, -0.15) is 0 Å². The van der Waals surface area contributed by atoms with Gasteiger partial charge in [0, 0.05) is 18.7 Å². The lowest BCUT2D eigenvalue weighted by Gasteiger charge is -2.25. The first kappa shape index (κ1) is 12.2. The van der Waals surface area contributed by atoms with Crippen LogP contribution in [0.4, 0.5) is 0 Å². The van der Waals surface area contributed by atoms with E-state index in [1.165, 1.54) is 6.42 Å². The first-order valence-electron chi connectivity index (χ1n) is 5.61. The van der Waals surface area contributed by atoms with Crippen LogP contribution in [-0.2, 0) is 6.54 Å². The van der Waals surface area contributed by atoms with E-state index < -0.39 is 0 Å². The molecule has 86 valence electrons. The highest BCUT2D eigenvalue weighted by molar-refractivity contribution is 5.03. The fourth-order valence-electron chi connectivity index (χ4n) is 1.77. The molecule has 0 aliphatic heterocycles. The molecule has 0 aromatic carbocycles. The molecular weight excluding hydrogens is 188 g/mol. The third-order valence-corrected chi connectivity index (χ3v) is 2.65. The van der Waals surface area contributed by atoms with Gasteiger partial charge in [-0.15, -0.1) is 0 Å². The molecule has 0 fully saturated rings. The van der Waals surface area contributed by atoms with E-state index in [0.29, 0.717) is 6.04 Å². The Morgan fingerprint density at radius 3 is 2.53 bits per heavy atom. The Morgan fingerprint density at radius 2 is 2.07 bits per heavy atom. The normalized spacial score (nSPS) is 13.8. The van der Waals surface area contributed by atoms with Crippen LogP contribution < -0.4 is 0 Å². The maximum Gasteiger partial charge on any atom is 0.133 e. The lowest BCUT2D eigenvalue weighted by atomic mass is 10.0. The molecule has 1 aromatic heterocycles. The Hall–Kier alpha value is -0.830. The second-order valence-corrected chi connectivity index (χ2v) is 4.82. The second kappa shape index (κ2) is 5.31. The molecule has 0 radical (unpaired) electrons. The Labute approximate surface area is 92.4 Å². The summed E-state index contributed by atoms with van der Waals surface area (Å²) in [5, 5.41) is 4.00. The largest absolute Gasteiger partial charge is 0.361 e. The van der Waals surface area contributed by atoms with Crippen LogP contribution >= 0.6 is 0 Å². The topological polar surface area (TPSA) is 29.3 Å². The van der Waals surface area contributed by atoms with Crippen molar-refractivity contribution in [2.45, 2.75) is 46.7 Å². The summed E-state index contributed by atoms with van der Waals surface area (Å²) in [7, 11) is 2.14. The third-order valence-electron chi connectivity index (χ3n) is 2.65. The first-order chi connectivity index (χ1) is 6.99. The molecule has 0 amide bonds. The SMILES string of the molecule is Cc1cc(CN(C)[C@H](C)CC(C)C)no1. The monoisotopic (exact) mass is 210 g/mol. The van der Waals surface area contributed by atoms with Crippen LogP contribution in [0.5, 0.6) is 0 Å².